The van der Waals surface area contributed by atoms with Crippen LogP contribution in [0.5, 0.6) is 5.75 Å². The van der Waals surface area contributed by atoms with E-state index >= 15 is 0 Å². The monoisotopic (exact) mass is 489 g/mol. The van der Waals surface area contributed by atoms with Crippen molar-refractivity contribution in [2.45, 2.75) is 31.5 Å². The van der Waals surface area contributed by atoms with Crippen LogP contribution in [0.4, 0.5) is 13.2 Å². The second-order valence-corrected chi connectivity index (χ2v) is 8.92. The van der Waals surface area contributed by atoms with Crippen molar-refractivity contribution in [3.8, 4) is 5.75 Å². The molecule has 5 N–H and O–H groups in total. The Morgan fingerprint density at radius 2 is 1.88 bits per heavy atom. The highest BCUT2D eigenvalue weighted by molar-refractivity contribution is 7.46. The van der Waals surface area contributed by atoms with Crippen LogP contribution < -0.4 is 10.5 Å². The number of rotatable bonds is 11. The van der Waals surface area contributed by atoms with Crippen molar-refractivity contribution in [1.29, 1.82) is 0 Å². The van der Waals surface area contributed by atoms with E-state index in [-0.39, 0.29) is 17.9 Å². The average molecular weight is 489 g/mol. The fourth-order valence-electron chi connectivity index (χ4n) is 2.94. The largest absolute Gasteiger partial charge is 0.493 e. The molecular formula is C22H27F3NO6P. The SMILES string of the molecule is Cc1cccc(CCCOc2ccc(C=CC(N)(CO)COP(=O)(O)O)cc2C(F)(F)F)c1. The van der Waals surface area contributed by atoms with Gasteiger partial charge in [-0.25, -0.2) is 4.57 Å². The van der Waals surface area contributed by atoms with Crippen molar-refractivity contribution in [2.75, 3.05) is 19.8 Å². The van der Waals surface area contributed by atoms with Gasteiger partial charge in [0.15, 0.2) is 0 Å². The normalized spacial score (nSPS) is 14.4. The predicted octanol–water partition coefficient (Wildman–Crippen LogP) is 3.84. The number of aryl methyl sites for hydroxylation is 2. The molecule has 2 aromatic rings. The van der Waals surface area contributed by atoms with Gasteiger partial charge in [0.2, 0.25) is 0 Å². The van der Waals surface area contributed by atoms with Gasteiger partial charge in [0.05, 0.1) is 30.9 Å². The molecule has 0 bridgehead atoms. The highest BCUT2D eigenvalue weighted by atomic mass is 31.2. The molecule has 182 valence electrons. The zero-order chi connectivity index (χ0) is 24.7. The Bertz CT molecular complexity index is 1010. The van der Waals surface area contributed by atoms with Gasteiger partial charge in [0.1, 0.15) is 5.75 Å². The number of nitrogens with two attached hydrogens (primary N) is 1. The van der Waals surface area contributed by atoms with Crippen LogP contribution in [0, 0.1) is 6.92 Å². The maximum atomic E-state index is 13.6. The topological polar surface area (TPSA) is 122 Å². The molecule has 0 saturated carbocycles. The molecule has 0 fully saturated rings. The average Bonchev–Trinajstić information content (AvgIpc) is 2.73. The molecule has 0 saturated heterocycles. The molecule has 2 aromatic carbocycles. The van der Waals surface area contributed by atoms with E-state index in [1.165, 1.54) is 18.2 Å². The molecule has 0 radical (unpaired) electrons. The lowest BCUT2D eigenvalue weighted by molar-refractivity contribution is -0.139. The van der Waals surface area contributed by atoms with Gasteiger partial charge in [-0.05, 0) is 43.0 Å². The Hall–Kier alpha value is -2.20. The lowest BCUT2D eigenvalue weighted by atomic mass is 10.0. The van der Waals surface area contributed by atoms with E-state index in [0.717, 1.165) is 23.3 Å². The van der Waals surface area contributed by atoms with Crippen molar-refractivity contribution in [3.63, 3.8) is 0 Å². The summed E-state index contributed by atoms with van der Waals surface area (Å²) in [6.07, 6.45) is -1.14. The summed E-state index contributed by atoms with van der Waals surface area (Å²) in [5.74, 6) is -0.310. The van der Waals surface area contributed by atoms with Crippen molar-refractivity contribution < 1.29 is 41.9 Å². The van der Waals surface area contributed by atoms with Gasteiger partial charge in [-0.15, -0.1) is 0 Å². The van der Waals surface area contributed by atoms with Crippen molar-refractivity contribution >= 4 is 13.9 Å². The number of ether oxygens (including phenoxy) is 1. The lowest BCUT2D eigenvalue weighted by Crippen LogP contribution is -2.45. The number of hydrogen-bond acceptors (Lipinski definition) is 5. The van der Waals surface area contributed by atoms with Crippen LogP contribution in [0.25, 0.3) is 6.08 Å². The Kier molecular flexibility index (Phi) is 9.25. The van der Waals surface area contributed by atoms with E-state index in [1.807, 2.05) is 31.2 Å². The lowest BCUT2D eigenvalue weighted by Gasteiger charge is -2.23. The quantitative estimate of drug-likeness (QED) is 0.280. The number of hydrogen-bond donors (Lipinski definition) is 4. The summed E-state index contributed by atoms with van der Waals surface area (Å²) < 4.78 is 61.2. The molecule has 7 nitrogen and oxygen atoms in total. The van der Waals surface area contributed by atoms with Crippen molar-refractivity contribution in [2.24, 2.45) is 5.73 Å². The van der Waals surface area contributed by atoms with E-state index in [4.69, 9.17) is 20.3 Å². The summed E-state index contributed by atoms with van der Waals surface area (Å²) in [5.41, 5.74) is 5.40. The van der Waals surface area contributed by atoms with Gasteiger partial charge < -0.3 is 25.4 Å². The molecule has 0 spiro atoms. The fourth-order valence-corrected chi connectivity index (χ4v) is 3.35. The summed E-state index contributed by atoms with van der Waals surface area (Å²) in [7, 11) is -4.83. The van der Waals surface area contributed by atoms with Crippen LogP contribution in [0.2, 0.25) is 0 Å². The smallest absolute Gasteiger partial charge is 0.469 e. The van der Waals surface area contributed by atoms with Crippen LogP contribution in [-0.2, 0) is 21.7 Å². The maximum Gasteiger partial charge on any atom is 0.469 e. The number of aliphatic hydroxyl groups is 1. The van der Waals surface area contributed by atoms with Gasteiger partial charge in [0.25, 0.3) is 0 Å². The van der Waals surface area contributed by atoms with E-state index < -0.39 is 38.3 Å². The molecule has 0 heterocycles. The van der Waals surface area contributed by atoms with E-state index in [1.54, 1.807) is 0 Å². The van der Waals surface area contributed by atoms with E-state index in [9.17, 15) is 22.8 Å². The number of halogens is 3. The predicted molar refractivity (Wildman–Crippen MR) is 117 cm³/mol. The second-order valence-electron chi connectivity index (χ2n) is 7.68. The molecule has 0 aliphatic carbocycles. The van der Waals surface area contributed by atoms with Gasteiger partial charge in [-0.2, -0.15) is 13.2 Å². The highest BCUT2D eigenvalue weighted by Gasteiger charge is 2.34. The summed E-state index contributed by atoms with van der Waals surface area (Å²) >= 11 is 0. The molecule has 0 aliphatic rings. The minimum Gasteiger partial charge on any atom is -0.493 e. The van der Waals surface area contributed by atoms with Crippen LogP contribution in [0.3, 0.4) is 0 Å². The molecule has 0 aromatic heterocycles. The maximum absolute atomic E-state index is 13.6. The number of phosphoric acid groups is 1. The number of aliphatic hydroxyl groups excluding tert-OH is 1. The summed E-state index contributed by atoms with van der Waals surface area (Å²) in [4.78, 5) is 17.5. The van der Waals surface area contributed by atoms with Crippen LogP contribution in [0.15, 0.2) is 48.5 Å². The number of alkyl halides is 3. The standard InChI is InChI=1S/C22H27F3NO6P/c1-16-4-2-5-17(12-16)6-3-11-31-20-8-7-18(13-19(20)22(23,24)25)9-10-21(26,14-27)15-32-33(28,29)30/h2,4-5,7-10,12-13,27H,3,6,11,14-15,26H2,1H3,(H2,28,29,30). The molecule has 1 unspecified atom stereocenters. The molecule has 1 atom stereocenters. The first-order chi connectivity index (χ1) is 15.3. The first-order valence-corrected chi connectivity index (χ1v) is 11.5. The Morgan fingerprint density at radius 1 is 1.15 bits per heavy atom. The Labute approximate surface area is 189 Å². The van der Waals surface area contributed by atoms with Crippen molar-refractivity contribution in [3.05, 3.63) is 70.8 Å². The summed E-state index contributed by atoms with van der Waals surface area (Å²) in [6, 6.07) is 11.3. The van der Waals surface area contributed by atoms with Crippen LogP contribution in [0.1, 0.15) is 28.7 Å². The Balaban J connectivity index is 2.10. The zero-order valence-electron chi connectivity index (χ0n) is 18.0. The molecular weight excluding hydrogens is 462 g/mol. The summed E-state index contributed by atoms with van der Waals surface area (Å²) in [6.45, 7) is 0.574. The minimum atomic E-state index is -4.83. The second kappa shape index (κ2) is 11.3. The molecule has 2 rings (SSSR count). The van der Waals surface area contributed by atoms with Crippen LogP contribution in [-0.4, -0.2) is 40.3 Å². The van der Waals surface area contributed by atoms with E-state index in [0.29, 0.717) is 12.8 Å². The van der Waals surface area contributed by atoms with E-state index in [2.05, 4.69) is 4.52 Å². The first kappa shape index (κ1) is 27.0. The highest BCUT2D eigenvalue weighted by Crippen LogP contribution is 2.38. The first-order valence-electron chi connectivity index (χ1n) is 10.00. The zero-order valence-corrected chi connectivity index (χ0v) is 18.9. The Morgan fingerprint density at radius 3 is 2.48 bits per heavy atom. The van der Waals surface area contributed by atoms with Gasteiger partial charge >= 0.3 is 14.0 Å². The third-order valence-corrected chi connectivity index (χ3v) is 5.13. The van der Waals surface area contributed by atoms with Gasteiger partial charge in [-0.1, -0.05) is 48.0 Å². The summed E-state index contributed by atoms with van der Waals surface area (Å²) in [5, 5.41) is 9.40. The third-order valence-electron chi connectivity index (χ3n) is 4.66. The fraction of sp³-hybridized carbons (Fsp3) is 0.364. The minimum absolute atomic E-state index is 0.0995. The molecule has 0 aliphatic heterocycles. The van der Waals surface area contributed by atoms with Crippen molar-refractivity contribution in [1.82, 2.24) is 0 Å². The van der Waals surface area contributed by atoms with Gasteiger partial charge in [-0.3, -0.25) is 4.52 Å². The third kappa shape index (κ3) is 9.29. The van der Waals surface area contributed by atoms with Gasteiger partial charge in [0, 0.05) is 0 Å². The molecule has 11 heteroatoms. The molecule has 0 amide bonds. The molecule has 33 heavy (non-hydrogen) atoms. The number of benzene rings is 2. The number of phosphoric ester groups is 1. The van der Waals surface area contributed by atoms with Crippen LogP contribution >= 0.6 is 7.82 Å².